The van der Waals surface area contributed by atoms with Crippen molar-refractivity contribution < 1.29 is 9.53 Å². The third-order valence-electron chi connectivity index (χ3n) is 3.01. The number of ether oxygens (including phenoxy) is 1. The van der Waals surface area contributed by atoms with Crippen molar-refractivity contribution in [1.29, 1.82) is 0 Å². The van der Waals surface area contributed by atoms with Crippen LogP contribution in [0.4, 0.5) is 5.69 Å². The van der Waals surface area contributed by atoms with Crippen LogP contribution in [0, 0.1) is 0 Å². The van der Waals surface area contributed by atoms with E-state index in [4.69, 9.17) is 10.5 Å². The van der Waals surface area contributed by atoms with E-state index in [0.29, 0.717) is 18.0 Å². The topological polar surface area (TPSA) is 55.6 Å². The third kappa shape index (κ3) is 4.49. The quantitative estimate of drug-likeness (QED) is 0.844. The van der Waals surface area contributed by atoms with E-state index in [-0.39, 0.29) is 12.5 Å². The highest BCUT2D eigenvalue weighted by Gasteiger charge is 2.11. The maximum Gasteiger partial charge on any atom is 0.260 e. The number of benzene rings is 2. The van der Waals surface area contributed by atoms with Gasteiger partial charge in [0.1, 0.15) is 5.75 Å². The number of nitrogen functional groups attached to an aromatic ring is 1. The summed E-state index contributed by atoms with van der Waals surface area (Å²) >= 11 is 3.47. The number of amides is 1. The van der Waals surface area contributed by atoms with Crippen molar-refractivity contribution in [3.05, 3.63) is 58.6 Å². The van der Waals surface area contributed by atoms with Gasteiger partial charge in [0, 0.05) is 29.8 Å². The average Bonchev–Trinajstić information content (AvgIpc) is 2.47. The van der Waals surface area contributed by atoms with Gasteiger partial charge in [-0.15, -0.1) is 0 Å². The van der Waals surface area contributed by atoms with Gasteiger partial charge < -0.3 is 15.4 Å². The van der Waals surface area contributed by atoms with Crippen molar-refractivity contribution in [3.8, 4) is 5.75 Å². The molecule has 2 rings (SSSR count). The fourth-order valence-corrected chi connectivity index (χ4v) is 2.24. The second kappa shape index (κ2) is 7.13. The second-order valence-electron chi connectivity index (χ2n) is 4.70. The number of carbonyl (C=O) groups excluding carboxylic acids is 1. The van der Waals surface area contributed by atoms with Gasteiger partial charge in [-0.2, -0.15) is 0 Å². The Kier molecular flexibility index (Phi) is 5.22. The molecule has 0 aliphatic rings. The summed E-state index contributed by atoms with van der Waals surface area (Å²) in [5, 5.41) is 0. The molecule has 110 valence electrons. The first-order chi connectivity index (χ1) is 10.1. The third-order valence-corrected chi connectivity index (χ3v) is 3.79. The second-order valence-corrected chi connectivity index (χ2v) is 5.56. The molecule has 0 spiro atoms. The number of halogens is 1. The van der Waals surface area contributed by atoms with Crippen molar-refractivity contribution in [2.45, 2.75) is 6.54 Å². The molecule has 0 radical (unpaired) electrons. The molecule has 0 saturated heterocycles. The highest BCUT2D eigenvalue weighted by molar-refractivity contribution is 9.10. The Morgan fingerprint density at radius 2 is 2.00 bits per heavy atom. The fourth-order valence-electron chi connectivity index (χ4n) is 1.83. The van der Waals surface area contributed by atoms with Crippen LogP contribution in [-0.2, 0) is 11.3 Å². The molecule has 2 aromatic rings. The van der Waals surface area contributed by atoms with Crippen molar-refractivity contribution >= 4 is 27.5 Å². The highest BCUT2D eigenvalue weighted by atomic mass is 79.9. The average molecular weight is 349 g/mol. The number of likely N-dealkylation sites (N-methyl/N-ethyl adjacent to an activating group) is 1. The molecule has 5 heteroatoms. The van der Waals surface area contributed by atoms with Gasteiger partial charge >= 0.3 is 0 Å². The number of nitrogens with two attached hydrogens (primary N) is 1. The molecule has 0 aromatic heterocycles. The molecule has 1 amide bonds. The van der Waals surface area contributed by atoms with Crippen LogP contribution in [0.3, 0.4) is 0 Å². The first kappa shape index (κ1) is 15.4. The number of hydrogen-bond donors (Lipinski definition) is 1. The van der Waals surface area contributed by atoms with E-state index in [1.165, 1.54) is 0 Å². The summed E-state index contributed by atoms with van der Waals surface area (Å²) in [6.45, 7) is 0.519. The standard InChI is InChI=1S/C16H17BrN2O2/c1-19(10-12-5-2-3-8-15(12)17)16(20)11-21-14-7-4-6-13(18)9-14/h2-9H,10-11,18H2,1H3. The van der Waals surface area contributed by atoms with Crippen LogP contribution in [0.1, 0.15) is 5.56 Å². The van der Waals surface area contributed by atoms with Gasteiger partial charge in [0.25, 0.3) is 5.91 Å². The number of rotatable bonds is 5. The summed E-state index contributed by atoms with van der Waals surface area (Å²) in [5.41, 5.74) is 7.33. The molecule has 0 unspecified atom stereocenters. The largest absolute Gasteiger partial charge is 0.484 e. The smallest absolute Gasteiger partial charge is 0.260 e. The van der Waals surface area contributed by atoms with Gasteiger partial charge in [0.15, 0.2) is 6.61 Å². The van der Waals surface area contributed by atoms with Crippen LogP contribution in [0.25, 0.3) is 0 Å². The van der Waals surface area contributed by atoms with Crippen LogP contribution in [-0.4, -0.2) is 24.5 Å². The Balaban J connectivity index is 1.90. The Morgan fingerprint density at radius 1 is 1.24 bits per heavy atom. The summed E-state index contributed by atoms with van der Waals surface area (Å²) in [6, 6.07) is 14.9. The predicted molar refractivity (Wildman–Crippen MR) is 87.0 cm³/mol. The first-order valence-electron chi connectivity index (χ1n) is 6.52. The first-order valence-corrected chi connectivity index (χ1v) is 7.31. The Labute approximate surface area is 132 Å². The van der Waals surface area contributed by atoms with E-state index in [1.807, 2.05) is 24.3 Å². The Bertz CT molecular complexity index is 631. The van der Waals surface area contributed by atoms with Gasteiger partial charge in [0.2, 0.25) is 0 Å². The minimum atomic E-state index is -0.0897. The molecule has 0 bridgehead atoms. The van der Waals surface area contributed by atoms with E-state index in [0.717, 1.165) is 10.0 Å². The summed E-state index contributed by atoms with van der Waals surface area (Å²) < 4.78 is 6.44. The van der Waals surface area contributed by atoms with Gasteiger partial charge in [-0.05, 0) is 23.8 Å². The lowest BCUT2D eigenvalue weighted by Crippen LogP contribution is -2.31. The molecule has 0 fully saturated rings. The molecular formula is C16H17BrN2O2. The zero-order valence-electron chi connectivity index (χ0n) is 11.8. The Morgan fingerprint density at radius 3 is 2.71 bits per heavy atom. The normalized spacial score (nSPS) is 10.2. The van der Waals surface area contributed by atoms with Crippen LogP contribution in [0.15, 0.2) is 53.0 Å². The number of hydrogen-bond acceptors (Lipinski definition) is 3. The molecule has 0 aliphatic heterocycles. The van der Waals surface area contributed by atoms with Crippen molar-refractivity contribution in [1.82, 2.24) is 4.90 Å². The molecule has 21 heavy (non-hydrogen) atoms. The van der Waals surface area contributed by atoms with Gasteiger partial charge in [-0.25, -0.2) is 0 Å². The number of nitrogens with zero attached hydrogens (tertiary/aromatic N) is 1. The molecule has 2 N–H and O–H groups in total. The minimum Gasteiger partial charge on any atom is -0.484 e. The van der Waals surface area contributed by atoms with E-state index in [1.54, 1.807) is 36.2 Å². The summed E-state index contributed by atoms with van der Waals surface area (Å²) in [5.74, 6) is 0.505. The zero-order valence-corrected chi connectivity index (χ0v) is 13.3. The Hall–Kier alpha value is -2.01. The fraction of sp³-hybridized carbons (Fsp3) is 0.188. The van der Waals surface area contributed by atoms with E-state index in [9.17, 15) is 4.79 Å². The molecule has 4 nitrogen and oxygen atoms in total. The summed E-state index contributed by atoms with van der Waals surface area (Å²) in [6.07, 6.45) is 0. The molecule has 2 aromatic carbocycles. The number of carbonyl (C=O) groups is 1. The number of anilines is 1. The van der Waals surface area contributed by atoms with Gasteiger partial charge in [-0.1, -0.05) is 40.2 Å². The molecule has 0 saturated carbocycles. The maximum atomic E-state index is 12.1. The van der Waals surface area contributed by atoms with Crippen LogP contribution < -0.4 is 10.5 Å². The lowest BCUT2D eigenvalue weighted by Gasteiger charge is -2.18. The minimum absolute atomic E-state index is 0.00952. The van der Waals surface area contributed by atoms with Crippen molar-refractivity contribution in [3.63, 3.8) is 0 Å². The van der Waals surface area contributed by atoms with E-state index >= 15 is 0 Å². The van der Waals surface area contributed by atoms with E-state index in [2.05, 4.69) is 15.9 Å². The van der Waals surface area contributed by atoms with Gasteiger partial charge in [0.05, 0.1) is 0 Å². The molecule has 0 atom stereocenters. The summed E-state index contributed by atoms with van der Waals surface area (Å²) in [7, 11) is 1.75. The SMILES string of the molecule is CN(Cc1ccccc1Br)C(=O)COc1cccc(N)c1. The van der Waals surface area contributed by atoms with Crippen molar-refractivity contribution in [2.75, 3.05) is 19.4 Å². The zero-order chi connectivity index (χ0) is 15.2. The van der Waals surface area contributed by atoms with Crippen LogP contribution >= 0.6 is 15.9 Å². The molecule has 0 aliphatic carbocycles. The monoisotopic (exact) mass is 348 g/mol. The maximum absolute atomic E-state index is 12.1. The van der Waals surface area contributed by atoms with Crippen LogP contribution in [0.5, 0.6) is 5.75 Å². The van der Waals surface area contributed by atoms with E-state index < -0.39 is 0 Å². The summed E-state index contributed by atoms with van der Waals surface area (Å²) in [4.78, 5) is 13.7. The van der Waals surface area contributed by atoms with Gasteiger partial charge in [-0.3, -0.25) is 4.79 Å². The molecular weight excluding hydrogens is 332 g/mol. The lowest BCUT2D eigenvalue weighted by molar-refractivity contribution is -0.132. The predicted octanol–water partition coefficient (Wildman–Crippen LogP) is 3.07. The lowest BCUT2D eigenvalue weighted by atomic mass is 10.2. The van der Waals surface area contributed by atoms with Crippen LogP contribution in [0.2, 0.25) is 0 Å². The highest BCUT2D eigenvalue weighted by Crippen LogP contribution is 2.18. The van der Waals surface area contributed by atoms with Crippen molar-refractivity contribution in [2.24, 2.45) is 0 Å². The molecule has 0 heterocycles.